The Labute approximate surface area is 201 Å². The first kappa shape index (κ1) is 27.6. The summed E-state index contributed by atoms with van der Waals surface area (Å²) < 4.78 is 9.56. The molecule has 3 heteroatoms. The molecular weight excluding hydrogens is 412 g/mol. The van der Waals surface area contributed by atoms with Crippen LogP contribution in [0.15, 0.2) is 35.5 Å². The van der Waals surface area contributed by atoms with Gasteiger partial charge >= 0.3 is 0 Å². The van der Waals surface area contributed by atoms with Crippen molar-refractivity contribution in [1.82, 2.24) is 0 Å². The average molecular weight is 463 g/mol. The summed E-state index contributed by atoms with van der Waals surface area (Å²) in [7, 11) is -0.611. The number of aliphatic hydroxyl groups is 1. The van der Waals surface area contributed by atoms with Gasteiger partial charge in [-0.2, -0.15) is 0 Å². The fraction of sp³-hybridized carbons (Fsp3) is 0.793. The molecule has 5 atom stereocenters. The molecular formula is C29H50O2S. The summed E-state index contributed by atoms with van der Waals surface area (Å²) in [5.74, 6) is 3.37. The van der Waals surface area contributed by atoms with Crippen LogP contribution in [0.5, 0.6) is 0 Å². The molecule has 32 heavy (non-hydrogen) atoms. The molecule has 0 radical (unpaired) electrons. The van der Waals surface area contributed by atoms with Crippen molar-refractivity contribution in [1.29, 1.82) is 0 Å². The molecule has 3 rings (SSSR count). The predicted molar refractivity (Wildman–Crippen MR) is 141 cm³/mol. The Balaban J connectivity index is 0.000000837. The second-order valence-corrected chi connectivity index (χ2v) is 13.1. The fourth-order valence-electron chi connectivity index (χ4n) is 6.66. The first-order chi connectivity index (χ1) is 15.0. The van der Waals surface area contributed by atoms with Gasteiger partial charge in [0.2, 0.25) is 0 Å². The summed E-state index contributed by atoms with van der Waals surface area (Å²) in [5.41, 5.74) is 4.72. The van der Waals surface area contributed by atoms with Gasteiger partial charge in [-0.1, -0.05) is 76.8 Å². The van der Waals surface area contributed by atoms with Crippen LogP contribution in [0, 0.1) is 29.1 Å². The lowest BCUT2D eigenvalue weighted by Gasteiger charge is -2.44. The van der Waals surface area contributed by atoms with Crippen LogP contribution in [0.4, 0.5) is 0 Å². The smallest absolute Gasteiger partial charge is 0.0583 e. The highest BCUT2D eigenvalue weighted by Crippen LogP contribution is 2.59. The van der Waals surface area contributed by atoms with Gasteiger partial charge in [0.25, 0.3) is 0 Å². The number of hydrogen-bond acceptors (Lipinski definition) is 2. The normalized spacial score (nSPS) is 34.0. The Kier molecular flexibility index (Phi) is 10.9. The van der Waals surface area contributed by atoms with Crippen molar-refractivity contribution in [3.8, 4) is 0 Å². The number of aliphatic hydroxyl groups excluding tert-OH is 1. The zero-order valence-corrected chi connectivity index (χ0v) is 22.6. The number of rotatable bonds is 6. The van der Waals surface area contributed by atoms with Crippen LogP contribution in [0.25, 0.3) is 0 Å². The quantitative estimate of drug-likeness (QED) is 0.441. The molecule has 1 N–H and O–H groups in total. The first-order valence-corrected chi connectivity index (χ1v) is 15.0. The minimum Gasteiger partial charge on any atom is -0.393 e. The van der Waals surface area contributed by atoms with E-state index in [4.69, 9.17) is 0 Å². The molecule has 0 unspecified atom stereocenters. The van der Waals surface area contributed by atoms with Crippen molar-refractivity contribution >= 4 is 10.8 Å². The van der Waals surface area contributed by atoms with Crippen molar-refractivity contribution in [3.63, 3.8) is 0 Å². The molecule has 2 nitrogen and oxygen atoms in total. The second kappa shape index (κ2) is 12.7. The van der Waals surface area contributed by atoms with Crippen LogP contribution in [-0.4, -0.2) is 27.9 Å². The van der Waals surface area contributed by atoms with E-state index in [1.54, 1.807) is 18.1 Å². The maximum atomic E-state index is 10.0. The third kappa shape index (κ3) is 7.69. The van der Waals surface area contributed by atoms with Gasteiger partial charge in [0.05, 0.1) is 6.10 Å². The van der Waals surface area contributed by atoms with Crippen LogP contribution in [0.3, 0.4) is 0 Å². The van der Waals surface area contributed by atoms with E-state index in [2.05, 4.69) is 46.4 Å². The molecule has 0 aromatic carbocycles. The van der Waals surface area contributed by atoms with Gasteiger partial charge in [0.15, 0.2) is 0 Å². The molecule has 3 aliphatic carbocycles. The molecule has 0 aromatic rings. The third-order valence-electron chi connectivity index (χ3n) is 8.35. The molecule has 0 spiro atoms. The van der Waals surface area contributed by atoms with Gasteiger partial charge < -0.3 is 5.11 Å². The van der Waals surface area contributed by atoms with E-state index >= 15 is 0 Å². The van der Waals surface area contributed by atoms with Gasteiger partial charge in [-0.3, -0.25) is 4.21 Å². The fourth-order valence-corrected chi connectivity index (χ4v) is 6.66. The minimum absolute atomic E-state index is 0.172. The SMILES string of the molecule is C=C1CC[C@H](O)C/C1=C/C=C1\CCC[C@]2(C)[C@@H]([C@H](C)CCCC(C)C)CC[C@@H]12.CS(C)=O. The van der Waals surface area contributed by atoms with E-state index < -0.39 is 10.8 Å². The van der Waals surface area contributed by atoms with E-state index in [9.17, 15) is 9.32 Å². The van der Waals surface area contributed by atoms with E-state index in [1.807, 2.05) is 0 Å². The van der Waals surface area contributed by atoms with E-state index in [0.717, 1.165) is 42.9 Å². The zero-order valence-electron chi connectivity index (χ0n) is 21.8. The summed E-state index contributed by atoms with van der Waals surface area (Å²) in [6.45, 7) is 14.1. The van der Waals surface area contributed by atoms with Crippen LogP contribution in [0.2, 0.25) is 0 Å². The Morgan fingerprint density at radius 2 is 1.81 bits per heavy atom. The topological polar surface area (TPSA) is 37.3 Å². The zero-order chi connectivity index (χ0) is 23.9. The van der Waals surface area contributed by atoms with Crippen molar-refractivity contribution in [2.24, 2.45) is 29.1 Å². The Morgan fingerprint density at radius 3 is 2.47 bits per heavy atom. The van der Waals surface area contributed by atoms with Crippen molar-refractivity contribution in [2.45, 2.75) is 104 Å². The standard InChI is InChI=1S/C27H44O.C2H6OS/c1-19(2)8-6-9-21(4)25-15-16-26-22(10-7-17-27(25,26)5)12-13-23-18-24(28)14-11-20(23)3;1-4(2)3/h12-13,19,21,24-26,28H,3,6-11,14-18H2,1-2,4-5H3;1-2H3/b22-12+,23-13-;/t21-,24+,25-,26+,27-;/m1./s1. The summed E-state index contributed by atoms with van der Waals surface area (Å²) in [6.07, 6.45) is 21.5. The van der Waals surface area contributed by atoms with Crippen LogP contribution >= 0.6 is 0 Å². The number of fused-ring (bicyclic) bond motifs is 1. The highest BCUT2D eigenvalue weighted by atomic mass is 32.2. The third-order valence-corrected chi connectivity index (χ3v) is 8.35. The molecule has 0 amide bonds. The lowest BCUT2D eigenvalue weighted by atomic mass is 9.60. The van der Waals surface area contributed by atoms with Crippen molar-refractivity contribution < 1.29 is 9.32 Å². The average Bonchev–Trinajstić information content (AvgIpc) is 3.05. The summed E-state index contributed by atoms with van der Waals surface area (Å²) >= 11 is 0. The lowest BCUT2D eigenvalue weighted by molar-refractivity contribution is 0.0929. The number of allylic oxidation sites excluding steroid dienone is 4. The lowest BCUT2D eigenvalue weighted by Crippen LogP contribution is -2.36. The van der Waals surface area contributed by atoms with Gasteiger partial charge in [0, 0.05) is 23.3 Å². The van der Waals surface area contributed by atoms with Crippen LogP contribution in [0.1, 0.15) is 98.3 Å². The largest absolute Gasteiger partial charge is 0.393 e. The molecule has 0 aliphatic heterocycles. The molecule has 0 aromatic heterocycles. The highest BCUT2D eigenvalue weighted by molar-refractivity contribution is 7.83. The summed E-state index contributed by atoms with van der Waals surface area (Å²) in [6, 6.07) is 0. The van der Waals surface area contributed by atoms with E-state index in [0.29, 0.717) is 5.41 Å². The number of hydrogen-bond donors (Lipinski definition) is 1. The van der Waals surface area contributed by atoms with Gasteiger partial charge in [0.1, 0.15) is 0 Å². The van der Waals surface area contributed by atoms with Crippen molar-refractivity contribution in [2.75, 3.05) is 12.5 Å². The molecule has 3 aliphatic rings. The van der Waals surface area contributed by atoms with Gasteiger partial charge in [-0.15, -0.1) is 0 Å². The van der Waals surface area contributed by atoms with Gasteiger partial charge in [-0.05, 0) is 86.0 Å². The highest BCUT2D eigenvalue weighted by Gasteiger charge is 2.50. The molecule has 3 saturated carbocycles. The van der Waals surface area contributed by atoms with E-state index in [-0.39, 0.29) is 6.10 Å². The molecule has 0 heterocycles. The second-order valence-electron chi connectivity index (χ2n) is 11.6. The van der Waals surface area contributed by atoms with Gasteiger partial charge in [-0.25, -0.2) is 0 Å². The maximum absolute atomic E-state index is 10.0. The Bertz CT molecular complexity index is 700. The summed E-state index contributed by atoms with van der Waals surface area (Å²) in [4.78, 5) is 0. The van der Waals surface area contributed by atoms with E-state index in [1.165, 1.54) is 62.5 Å². The van der Waals surface area contributed by atoms with Crippen molar-refractivity contribution in [3.05, 3.63) is 35.5 Å². The first-order valence-electron chi connectivity index (χ1n) is 13.1. The Hall–Kier alpha value is -0.670. The minimum atomic E-state index is -0.611. The molecule has 184 valence electrons. The predicted octanol–water partition coefficient (Wildman–Crippen LogP) is 7.61. The molecule has 3 fully saturated rings. The Morgan fingerprint density at radius 1 is 1.12 bits per heavy atom. The summed E-state index contributed by atoms with van der Waals surface area (Å²) in [5, 5.41) is 10.0. The van der Waals surface area contributed by atoms with Crippen LogP contribution < -0.4 is 0 Å². The maximum Gasteiger partial charge on any atom is 0.0583 e. The monoisotopic (exact) mass is 462 g/mol. The molecule has 0 bridgehead atoms. The van der Waals surface area contributed by atoms with Crippen LogP contribution in [-0.2, 0) is 10.8 Å². The molecule has 0 saturated heterocycles.